The molecule has 1 aliphatic heterocycles. The van der Waals surface area contributed by atoms with Crippen LogP contribution in [0.1, 0.15) is 12.8 Å². The normalized spacial score (nSPS) is 19.9. The maximum absolute atomic E-state index is 11.2. The van der Waals surface area contributed by atoms with E-state index in [4.69, 9.17) is 34.7 Å². The highest BCUT2D eigenvalue weighted by molar-refractivity contribution is 6.37. The Bertz CT molecular complexity index is 480. The van der Waals surface area contributed by atoms with Gasteiger partial charge in [-0.3, -0.25) is 4.79 Å². The second kappa shape index (κ2) is 5.20. The lowest BCUT2D eigenvalue weighted by molar-refractivity contribution is -0.122. The zero-order chi connectivity index (χ0) is 13.3. The van der Waals surface area contributed by atoms with E-state index in [9.17, 15) is 4.79 Å². The fourth-order valence-electron chi connectivity index (χ4n) is 2.09. The number of halogens is 2. The first kappa shape index (κ1) is 13.2. The number of rotatable bonds is 2. The Hall–Kier alpha value is -1.20. The lowest BCUT2D eigenvalue weighted by Gasteiger charge is -2.32. The first-order valence-corrected chi connectivity index (χ1v) is 6.40. The Kier molecular flexibility index (Phi) is 3.82. The van der Waals surface area contributed by atoms with E-state index in [-0.39, 0.29) is 17.6 Å². The molecule has 1 aromatic rings. The summed E-state index contributed by atoms with van der Waals surface area (Å²) in [7, 11) is 0. The number of amides is 1. The summed E-state index contributed by atoms with van der Waals surface area (Å²) in [4.78, 5) is 17.3. The van der Waals surface area contributed by atoms with Crippen molar-refractivity contribution < 1.29 is 4.79 Å². The van der Waals surface area contributed by atoms with Gasteiger partial charge in [-0.2, -0.15) is 0 Å². The number of nitrogens with zero attached hydrogens (tertiary/aromatic N) is 2. The van der Waals surface area contributed by atoms with Gasteiger partial charge in [0.15, 0.2) is 0 Å². The molecule has 1 saturated heterocycles. The number of anilines is 2. The minimum absolute atomic E-state index is 0.173. The van der Waals surface area contributed by atoms with E-state index in [0.29, 0.717) is 22.4 Å². The number of hydrogen-bond acceptors (Lipinski definition) is 4. The molecule has 7 heteroatoms. The molecule has 2 heterocycles. The van der Waals surface area contributed by atoms with Crippen LogP contribution < -0.4 is 16.4 Å². The Labute approximate surface area is 115 Å². The SMILES string of the molecule is NC(=O)C1CCCN(c2nc(N)c(Cl)cc2Cl)C1. The van der Waals surface area contributed by atoms with Crippen LogP contribution in [-0.2, 0) is 4.79 Å². The molecule has 4 N–H and O–H groups in total. The summed E-state index contributed by atoms with van der Waals surface area (Å²) in [5.41, 5.74) is 11.0. The van der Waals surface area contributed by atoms with Gasteiger partial charge >= 0.3 is 0 Å². The molecular formula is C11H14Cl2N4O. The van der Waals surface area contributed by atoms with E-state index in [2.05, 4.69) is 4.98 Å². The van der Waals surface area contributed by atoms with Crippen LogP contribution in [0.4, 0.5) is 11.6 Å². The largest absolute Gasteiger partial charge is 0.382 e. The molecule has 18 heavy (non-hydrogen) atoms. The van der Waals surface area contributed by atoms with Gasteiger partial charge in [0.05, 0.1) is 16.0 Å². The molecular weight excluding hydrogens is 275 g/mol. The minimum Gasteiger partial charge on any atom is -0.382 e. The number of pyridine rings is 1. The number of primary amides is 1. The van der Waals surface area contributed by atoms with E-state index in [1.54, 1.807) is 6.07 Å². The quantitative estimate of drug-likeness (QED) is 0.867. The van der Waals surface area contributed by atoms with Crippen molar-refractivity contribution in [2.75, 3.05) is 23.7 Å². The molecule has 2 rings (SSSR count). The third-order valence-corrected chi connectivity index (χ3v) is 3.64. The van der Waals surface area contributed by atoms with Gasteiger partial charge in [0, 0.05) is 13.1 Å². The van der Waals surface area contributed by atoms with Gasteiger partial charge in [-0.25, -0.2) is 4.98 Å². The van der Waals surface area contributed by atoms with Gasteiger partial charge in [0.25, 0.3) is 0 Å². The Morgan fingerprint density at radius 3 is 2.83 bits per heavy atom. The maximum atomic E-state index is 11.2. The van der Waals surface area contributed by atoms with Crippen molar-refractivity contribution >= 4 is 40.7 Å². The molecule has 1 fully saturated rings. The lowest BCUT2D eigenvalue weighted by Crippen LogP contribution is -2.41. The van der Waals surface area contributed by atoms with Crippen molar-refractivity contribution in [3.63, 3.8) is 0 Å². The summed E-state index contributed by atoms with van der Waals surface area (Å²) in [6.07, 6.45) is 1.67. The molecule has 1 amide bonds. The summed E-state index contributed by atoms with van der Waals surface area (Å²) in [5.74, 6) is 0.327. The van der Waals surface area contributed by atoms with Crippen LogP contribution in [0, 0.1) is 5.92 Å². The number of piperidine rings is 1. The van der Waals surface area contributed by atoms with Crippen molar-refractivity contribution in [1.82, 2.24) is 4.98 Å². The molecule has 0 aliphatic carbocycles. The van der Waals surface area contributed by atoms with Crippen LogP contribution >= 0.6 is 23.2 Å². The molecule has 98 valence electrons. The van der Waals surface area contributed by atoms with E-state index in [0.717, 1.165) is 19.4 Å². The van der Waals surface area contributed by atoms with Crippen LogP contribution in [0.15, 0.2) is 6.07 Å². The number of hydrogen-bond donors (Lipinski definition) is 2. The second-order valence-corrected chi connectivity index (χ2v) is 5.16. The fourth-order valence-corrected chi connectivity index (χ4v) is 2.57. The van der Waals surface area contributed by atoms with Gasteiger partial charge < -0.3 is 16.4 Å². The van der Waals surface area contributed by atoms with Crippen LogP contribution in [0.2, 0.25) is 10.0 Å². The van der Waals surface area contributed by atoms with E-state index >= 15 is 0 Å². The maximum Gasteiger partial charge on any atom is 0.222 e. The first-order valence-electron chi connectivity index (χ1n) is 5.65. The first-order chi connectivity index (χ1) is 8.49. The number of nitrogen functional groups attached to an aromatic ring is 1. The highest BCUT2D eigenvalue weighted by Gasteiger charge is 2.26. The Morgan fingerprint density at radius 2 is 2.17 bits per heavy atom. The minimum atomic E-state index is -0.294. The predicted molar refractivity (Wildman–Crippen MR) is 72.8 cm³/mol. The number of carbonyl (C=O) groups is 1. The van der Waals surface area contributed by atoms with Crippen molar-refractivity contribution in [2.45, 2.75) is 12.8 Å². The van der Waals surface area contributed by atoms with Crippen LogP contribution in [0.25, 0.3) is 0 Å². The average Bonchev–Trinajstić information content (AvgIpc) is 2.34. The lowest BCUT2D eigenvalue weighted by atomic mass is 9.97. The van der Waals surface area contributed by atoms with Gasteiger partial charge in [-0.15, -0.1) is 0 Å². The molecule has 5 nitrogen and oxygen atoms in total. The molecule has 0 spiro atoms. The molecule has 0 saturated carbocycles. The smallest absolute Gasteiger partial charge is 0.222 e. The summed E-state index contributed by atoms with van der Waals surface area (Å²) >= 11 is 11.9. The highest BCUT2D eigenvalue weighted by Crippen LogP contribution is 2.32. The molecule has 0 bridgehead atoms. The number of aromatic nitrogens is 1. The zero-order valence-corrected chi connectivity index (χ0v) is 11.2. The topological polar surface area (TPSA) is 85.2 Å². The van der Waals surface area contributed by atoms with Gasteiger partial charge in [-0.1, -0.05) is 23.2 Å². The summed E-state index contributed by atoms with van der Waals surface area (Å²) in [6, 6.07) is 1.56. The molecule has 0 radical (unpaired) electrons. The monoisotopic (exact) mass is 288 g/mol. The van der Waals surface area contributed by atoms with Crippen molar-refractivity contribution in [1.29, 1.82) is 0 Å². The Balaban J connectivity index is 2.26. The van der Waals surface area contributed by atoms with E-state index in [1.165, 1.54) is 0 Å². The van der Waals surface area contributed by atoms with Crippen LogP contribution in [0.5, 0.6) is 0 Å². The third-order valence-electron chi connectivity index (χ3n) is 3.06. The standard InChI is InChI=1S/C11H14Cl2N4O/c12-7-4-8(13)11(16-9(7)14)17-3-1-2-6(5-17)10(15)18/h4,6H,1-3,5H2,(H2,14,16)(H2,15,18). The molecule has 1 aromatic heterocycles. The predicted octanol–water partition coefficient (Wildman–Crippen LogP) is 1.67. The molecule has 1 atom stereocenters. The fraction of sp³-hybridized carbons (Fsp3) is 0.455. The molecule has 1 unspecified atom stereocenters. The third kappa shape index (κ3) is 2.62. The van der Waals surface area contributed by atoms with E-state index < -0.39 is 0 Å². The second-order valence-electron chi connectivity index (χ2n) is 4.35. The van der Waals surface area contributed by atoms with Gasteiger partial charge in [-0.05, 0) is 18.9 Å². The molecule has 0 aromatic carbocycles. The highest BCUT2D eigenvalue weighted by atomic mass is 35.5. The summed E-state index contributed by atoms with van der Waals surface area (Å²) in [6.45, 7) is 1.29. The zero-order valence-electron chi connectivity index (χ0n) is 9.70. The van der Waals surface area contributed by atoms with E-state index in [1.807, 2.05) is 4.90 Å². The van der Waals surface area contributed by atoms with Crippen molar-refractivity contribution in [3.05, 3.63) is 16.1 Å². The van der Waals surface area contributed by atoms with Crippen molar-refractivity contribution in [2.24, 2.45) is 11.7 Å². The summed E-state index contributed by atoms with van der Waals surface area (Å²) in [5, 5.41) is 0.756. The van der Waals surface area contributed by atoms with Crippen LogP contribution in [-0.4, -0.2) is 24.0 Å². The van der Waals surface area contributed by atoms with Gasteiger partial charge in [0.1, 0.15) is 11.6 Å². The number of carbonyl (C=O) groups excluding carboxylic acids is 1. The molecule has 1 aliphatic rings. The summed E-state index contributed by atoms with van der Waals surface area (Å²) < 4.78 is 0. The number of nitrogens with two attached hydrogens (primary N) is 2. The van der Waals surface area contributed by atoms with Crippen LogP contribution in [0.3, 0.4) is 0 Å². The van der Waals surface area contributed by atoms with Gasteiger partial charge in [0.2, 0.25) is 5.91 Å². The Morgan fingerprint density at radius 1 is 1.44 bits per heavy atom. The average molecular weight is 289 g/mol. The van der Waals surface area contributed by atoms with Crippen molar-refractivity contribution in [3.8, 4) is 0 Å².